The first kappa shape index (κ1) is 21.1. The molecular weight excluding hydrogens is 388 g/mol. The standard InChI is InChI=1S/C25H30N4O2/c1-18-7-3-4-8-20(18)17-28-11-13-29(14-12-28)25(31)24(27-19(2)30)15-21-16-26-23-10-6-5-9-22(21)23/h3-10,16,24,26H,11-15,17H2,1-2H3,(H,27,30)/t24-/m0/s1. The van der Waals surface area contributed by atoms with E-state index in [9.17, 15) is 9.59 Å². The van der Waals surface area contributed by atoms with Gasteiger partial charge < -0.3 is 15.2 Å². The molecule has 0 saturated carbocycles. The SMILES string of the molecule is CC(=O)N[C@@H](Cc1c[nH]c2ccccc12)C(=O)N1CCN(Cc2ccccc2C)CC1. The van der Waals surface area contributed by atoms with Crippen molar-refractivity contribution in [3.05, 3.63) is 71.4 Å². The molecule has 31 heavy (non-hydrogen) atoms. The number of carbonyl (C=O) groups is 2. The molecule has 1 aromatic heterocycles. The van der Waals surface area contributed by atoms with Crippen LogP contribution in [0.5, 0.6) is 0 Å². The number of rotatable bonds is 6. The van der Waals surface area contributed by atoms with Crippen LogP contribution in [-0.4, -0.2) is 58.8 Å². The van der Waals surface area contributed by atoms with E-state index in [4.69, 9.17) is 0 Å². The van der Waals surface area contributed by atoms with E-state index in [2.05, 4.69) is 46.4 Å². The molecule has 2 N–H and O–H groups in total. The molecule has 0 radical (unpaired) electrons. The van der Waals surface area contributed by atoms with Crippen LogP contribution in [0, 0.1) is 6.92 Å². The first-order valence-corrected chi connectivity index (χ1v) is 10.9. The van der Waals surface area contributed by atoms with Crippen molar-refractivity contribution >= 4 is 22.7 Å². The van der Waals surface area contributed by atoms with Crippen LogP contribution in [0.15, 0.2) is 54.7 Å². The Hall–Kier alpha value is -3.12. The highest BCUT2D eigenvalue weighted by Crippen LogP contribution is 2.20. The van der Waals surface area contributed by atoms with E-state index in [1.54, 1.807) is 0 Å². The van der Waals surface area contributed by atoms with Crippen molar-refractivity contribution in [2.75, 3.05) is 26.2 Å². The van der Waals surface area contributed by atoms with Gasteiger partial charge in [-0.1, -0.05) is 42.5 Å². The lowest BCUT2D eigenvalue weighted by Crippen LogP contribution is -2.55. The number of aromatic nitrogens is 1. The molecule has 0 unspecified atom stereocenters. The molecule has 1 fully saturated rings. The minimum absolute atomic E-state index is 0.00368. The highest BCUT2D eigenvalue weighted by atomic mass is 16.2. The summed E-state index contributed by atoms with van der Waals surface area (Å²) in [6.45, 7) is 7.52. The Bertz CT molecular complexity index is 1070. The van der Waals surface area contributed by atoms with Gasteiger partial charge in [0.15, 0.2) is 0 Å². The maximum absolute atomic E-state index is 13.3. The Kier molecular flexibility index (Phi) is 6.37. The lowest BCUT2D eigenvalue weighted by molar-refractivity contribution is -0.137. The first-order chi connectivity index (χ1) is 15.0. The number of benzene rings is 2. The summed E-state index contributed by atoms with van der Waals surface area (Å²) in [5.41, 5.74) is 4.71. The third-order valence-electron chi connectivity index (χ3n) is 6.11. The first-order valence-electron chi connectivity index (χ1n) is 10.9. The smallest absolute Gasteiger partial charge is 0.245 e. The summed E-state index contributed by atoms with van der Waals surface area (Å²) in [5, 5.41) is 3.97. The van der Waals surface area contributed by atoms with Gasteiger partial charge in [0.1, 0.15) is 6.04 Å². The molecule has 0 spiro atoms. The summed E-state index contributed by atoms with van der Waals surface area (Å²) in [6.07, 6.45) is 2.42. The predicted octanol–water partition coefficient (Wildman–Crippen LogP) is 2.87. The van der Waals surface area contributed by atoms with Gasteiger partial charge in [-0.25, -0.2) is 0 Å². The van der Waals surface area contributed by atoms with Gasteiger partial charge in [0.25, 0.3) is 0 Å². The lowest BCUT2D eigenvalue weighted by Gasteiger charge is -2.36. The maximum Gasteiger partial charge on any atom is 0.245 e. The van der Waals surface area contributed by atoms with Crippen molar-refractivity contribution in [1.29, 1.82) is 0 Å². The normalized spacial score (nSPS) is 15.7. The van der Waals surface area contributed by atoms with Crippen LogP contribution in [0.4, 0.5) is 0 Å². The van der Waals surface area contributed by atoms with Crippen molar-refractivity contribution in [3.63, 3.8) is 0 Å². The molecule has 4 rings (SSSR count). The van der Waals surface area contributed by atoms with Crippen LogP contribution in [0.3, 0.4) is 0 Å². The number of para-hydroxylation sites is 1. The predicted molar refractivity (Wildman–Crippen MR) is 123 cm³/mol. The number of piperazine rings is 1. The monoisotopic (exact) mass is 418 g/mol. The number of nitrogens with zero attached hydrogens (tertiary/aromatic N) is 2. The molecule has 2 amide bonds. The topological polar surface area (TPSA) is 68.4 Å². The Morgan fingerprint density at radius 2 is 1.71 bits per heavy atom. The van der Waals surface area contributed by atoms with Crippen molar-refractivity contribution < 1.29 is 9.59 Å². The summed E-state index contributed by atoms with van der Waals surface area (Å²) in [4.78, 5) is 32.7. The number of aryl methyl sites for hydroxylation is 1. The summed E-state index contributed by atoms with van der Waals surface area (Å²) < 4.78 is 0. The number of aromatic amines is 1. The molecule has 1 saturated heterocycles. The number of nitrogens with one attached hydrogen (secondary N) is 2. The number of hydrogen-bond acceptors (Lipinski definition) is 3. The van der Waals surface area contributed by atoms with Gasteiger partial charge >= 0.3 is 0 Å². The zero-order valence-electron chi connectivity index (χ0n) is 18.2. The average molecular weight is 419 g/mol. The fourth-order valence-electron chi connectivity index (χ4n) is 4.34. The Morgan fingerprint density at radius 1 is 1.00 bits per heavy atom. The van der Waals surface area contributed by atoms with Crippen LogP contribution in [0.1, 0.15) is 23.6 Å². The van der Waals surface area contributed by atoms with Crippen LogP contribution in [0.2, 0.25) is 0 Å². The number of H-pyrrole nitrogens is 1. The highest BCUT2D eigenvalue weighted by molar-refractivity contribution is 5.89. The molecule has 6 heteroatoms. The van der Waals surface area contributed by atoms with Crippen molar-refractivity contribution in [2.24, 2.45) is 0 Å². The number of hydrogen-bond donors (Lipinski definition) is 2. The molecular formula is C25H30N4O2. The fourth-order valence-corrected chi connectivity index (χ4v) is 4.34. The van der Waals surface area contributed by atoms with E-state index in [-0.39, 0.29) is 11.8 Å². The van der Waals surface area contributed by atoms with Crippen molar-refractivity contribution in [1.82, 2.24) is 20.1 Å². The van der Waals surface area contributed by atoms with Crippen LogP contribution < -0.4 is 5.32 Å². The van der Waals surface area contributed by atoms with Gasteiger partial charge in [0.2, 0.25) is 11.8 Å². The molecule has 0 bridgehead atoms. The van der Waals surface area contributed by atoms with Crippen molar-refractivity contribution in [2.45, 2.75) is 32.9 Å². The molecule has 0 aliphatic carbocycles. The van der Waals surface area contributed by atoms with Crippen LogP contribution in [0.25, 0.3) is 10.9 Å². The zero-order valence-corrected chi connectivity index (χ0v) is 18.2. The third-order valence-corrected chi connectivity index (χ3v) is 6.11. The van der Waals surface area contributed by atoms with Gasteiger partial charge in [-0.05, 0) is 29.7 Å². The van der Waals surface area contributed by atoms with Crippen LogP contribution >= 0.6 is 0 Å². The molecule has 1 aliphatic rings. The molecule has 6 nitrogen and oxygen atoms in total. The molecule has 2 heterocycles. The van der Waals surface area contributed by atoms with Gasteiger partial charge in [0.05, 0.1) is 0 Å². The van der Waals surface area contributed by atoms with Crippen LogP contribution in [-0.2, 0) is 22.6 Å². The summed E-state index contributed by atoms with van der Waals surface area (Å²) >= 11 is 0. The second-order valence-electron chi connectivity index (χ2n) is 8.34. The molecule has 162 valence electrons. The minimum Gasteiger partial charge on any atom is -0.361 e. The number of amides is 2. The molecule has 1 aliphatic heterocycles. The Labute approximate surface area is 183 Å². The van der Waals surface area contributed by atoms with Gasteiger partial charge in [-0.3, -0.25) is 14.5 Å². The maximum atomic E-state index is 13.3. The van der Waals surface area contributed by atoms with E-state index >= 15 is 0 Å². The van der Waals surface area contributed by atoms with E-state index < -0.39 is 6.04 Å². The molecule has 1 atom stereocenters. The summed E-state index contributed by atoms with van der Waals surface area (Å²) in [7, 11) is 0. The fraction of sp³-hybridized carbons (Fsp3) is 0.360. The molecule has 3 aromatic rings. The van der Waals surface area contributed by atoms with Gasteiger partial charge in [-0.15, -0.1) is 0 Å². The van der Waals surface area contributed by atoms with E-state index in [1.807, 2.05) is 35.4 Å². The zero-order chi connectivity index (χ0) is 21.8. The van der Waals surface area contributed by atoms with E-state index in [1.165, 1.54) is 18.1 Å². The van der Waals surface area contributed by atoms with Crippen molar-refractivity contribution in [3.8, 4) is 0 Å². The second kappa shape index (κ2) is 9.35. The average Bonchev–Trinajstić information content (AvgIpc) is 3.17. The lowest BCUT2D eigenvalue weighted by atomic mass is 10.0. The Balaban J connectivity index is 1.41. The van der Waals surface area contributed by atoms with E-state index in [0.29, 0.717) is 19.5 Å². The number of carbonyl (C=O) groups excluding carboxylic acids is 2. The molecule has 2 aromatic carbocycles. The quantitative estimate of drug-likeness (QED) is 0.647. The summed E-state index contributed by atoms with van der Waals surface area (Å²) in [6, 6.07) is 15.9. The van der Waals surface area contributed by atoms with E-state index in [0.717, 1.165) is 36.1 Å². The summed E-state index contributed by atoms with van der Waals surface area (Å²) in [5.74, 6) is -0.188. The Morgan fingerprint density at radius 3 is 2.45 bits per heavy atom. The highest BCUT2D eigenvalue weighted by Gasteiger charge is 2.29. The van der Waals surface area contributed by atoms with Gasteiger partial charge in [-0.2, -0.15) is 0 Å². The minimum atomic E-state index is -0.556. The second-order valence-corrected chi connectivity index (χ2v) is 8.34. The van der Waals surface area contributed by atoms with Gasteiger partial charge in [0, 0.05) is 63.2 Å². The third kappa shape index (κ3) is 4.97. The largest absolute Gasteiger partial charge is 0.361 e. The number of fused-ring (bicyclic) bond motifs is 1.